The maximum absolute atomic E-state index is 12.9. The highest BCUT2D eigenvalue weighted by atomic mass is 79.9. The molecule has 14 heavy (non-hydrogen) atoms. The van der Waals surface area contributed by atoms with Crippen molar-refractivity contribution < 1.29 is 8.60 Å². The van der Waals surface area contributed by atoms with Crippen LogP contribution in [0.15, 0.2) is 27.6 Å². The van der Waals surface area contributed by atoms with Crippen LogP contribution in [0.3, 0.4) is 0 Å². The minimum Gasteiger partial charge on any atom is -0.237 e. The van der Waals surface area contributed by atoms with Crippen LogP contribution in [0.4, 0.5) is 4.39 Å². The van der Waals surface area contributed by atoms with E-state index in [1.807, 2.05) is 13.8 Å². The van der Waals surface area contributed by atoms with E-state index in [1.54, 1.807) is 0 Å². The van der Waals surface area contributed by atoms with Crippen molar-refractivity contribution in [3.8, 4) is 0 Å². The standard InChI is InChI=1S/C9H11BrFNOS/c1-6(2)12-14(13)7-3-4-9(11)8(10)5-7/h3-6,12H,1-2H3. The zero-order valence-electron chi connectivity index (χ0n) is 7.88. The first-order valence-electron chi connectivity index (χ1n) is 4.13. The highest BCUT2D eigenvalue weighted by Crippen LogP contribution is 2.18. The summed E-state index contributed by atoms with van der Waals surface area (Å²) in [5.74, 6) is -0.352. The van der Waals surface area contributed by atoms with Gasteiger partial charge in [-0.3, -0.25) is 0 Å². The molecule has 1 aromatic carbocycles. The Bertz CT molecular complexity index is 357. The van der Waals surface area contributed by atoms with Crippen molar-refractivity contribution in [2.45, 2.75) is 24.8 Å². The van der Waals surface area contributed by atoms with E-state index >= 15 is 0 Å². The first-order valence-corrected chi connectivity index (χ1v) is 6.08. The molecular formula is C9H11BrFNOS. The zero-order valence-corrected chi connectivity index (χ0v) is 10.3. The third kappa shape index (κ3) is 3.15. The molecular weight excluding hydrogens is 269 g/mol. The van der Waals surface area contributed by atoms with Crippen LogP contribution in [0.2, 0.25) is 0 Å². The summed E-state index contributed by atoms with van der Waals surface area (Å²) in [5.41, 5.74) is 0. The van der Waals surface area contributed by atoms with E-state index in [9.17, 15) is 8.60 Å². The average Bonchev–Trinajstić information content (AvgIpc) is 2.08. The van der Waals surface area contributed by atoms with E-state index < -0.39 is 11.0 Å². The second kappa shape index (κ2) is 5.00. The molecule has 1 N–H and O–H groups in total. The quantitative estimate of drug-likeness (QED) is 0.906. The largest absolute Gasteiger partial charge is 0.237 e. The van der Waals surface area contributed by atoms with Crippen LogP contribution >= 0.6 is 15.9 Å². The first-order chi connectivity index (χ1) is 6.50. The SMILES string of the molecule is CC(C)NS(=O)c1ccc(F)c(Br)c1. The van der Waals surface area contributed by atoms with Crippen molar-refractivity contribution in [1.82, 2.24) is 4.72 Å². The number of nitrogens with one attached hydrogen (secondary N) is 1. The van der Waals surface area contributed by atoms with Gasteiger partial charge in [-0.2, -0.15) is 0 Å². The molecule has 0 aliphatic rings. The van der Waals surface area contributed by atoms with Crippen LogP contribution in [0.5, 0.6) is 0 Å². The maximum Gasteiger partial charge on any atom is 0.137 e. The normalized spacial score (nSPS) is 13.2. The Labute approximate surface area is 93.6 Å². The second-order valence-corrected chi connectivity index (χ2v) is 5.22. The van der Waals surface area contributed by atoms with Gasteiger partial charge in [-0.1, -0.05) is 0 Å². The predicted molar refractivity (Wildman–Crippen MR) is 58.8 cm³/mol. The van der Waals surface area contributed by atoms with Crippen molar-refractivity contribution in [3.05, 3.63) is 28.5 Å². The zero-order chi connectivity index (χ0) is 10.7. The molecule has 0 saturated carbocycles. The van der Waals surface area contributed by atoms with Gasteiger partial charge in [0.1, 0.15) is 16.8 Å². The van der Waals surface area contributed by atoms with Gasteiger partial charge in [-0.05, 0) is 48.0 Å². The minimum atomic E-state index is -1.28. The summed E-state index contributed by atoms with van der Waals surface area (Å²) in [4.78, 5) is 0.562. The topological polar surface area (TPSA) is 29.1 Å². The van der Waals surface area contributed by atoms with Gasteiger partial charge in [-0.25, -0.2) is 13.3 Å². The summed E-state index contributed by atoms with van der Waals surface area (Å²) >= 11 is 3.04. The lowest BCUT2D eigenvalue weighted by molar-refractivity contribution is 0.618. The van der Waals surface area contributed by atoms with E-state index in [0.29, 0.717) is 9.37 Å². The van der Waals surface area contributed by atoms with Crippen molar-refractivity contribution in [2.24, 2.45) is 0 Å². The summed E-state index contributed by atoms with van der Waals surface area (Å²) in [7, 11) is -1.28. The first kappa shape index (κ1) is 11.8. The molecule has 0 bridgehead atoms. The second-order valence-electron chi connectivity index (χ2n) is 3.12. The molecule has 78 valence electrons. The van der Waals surface area contributed by atoms with Crippen LogP contribution in [0.1, 0.15) is 13.8 Å². The summed E-state index contributed by atoms with van der Waals surface area (Å²) in [6.45, 7) is 3.80. The molecule has 2 nitrogen and oxygen atoms in total. The predicted octanol–water partition coefficient (Wildman–Crippen LogP) is 2.61. The summed E-state index contributed by atoms with van der Waals surface area (Å²) in [5, 5.41) is 0. The summed E-state index contributed by atoms with van der Waals surface area (Å²) in [6, 6.07) is 4.44. The van der Waals surface area contributed by atoms with E-state index in [4.69, 9.17) is 0 Å². The van der Waals surface area contributed by atoms with Gasteiger partial charge >= 0.3 is 0 Å². The molecule has 0 fully saturated rings. The molecule has 0 heterocycles. The Balaban J connectivity index is 2.86. The lowest BCUT2D eigenvalue weighted by Crippen LogP contribution is -2.25. The van der Waals surface area contributed by atoms with Gasteiger partial charge in [-0.15, -0.1) is 0 Å². The molecule has 0 amide bonds. The van der Waals surface area contributed by atoms with Gasteiger partial charge < -0.3 is 0 Å². The lowest BCUT2D eigenvalue weighted by atomic mass is 10.3. The highest BCUT2D eigenvalue weighted by Gasteiger charge is 2.07. The molecule has 0 aliphatic carbocycles. The molecule has 0 aromatic heterocycles. The lowest BCUT2D eigenvalue weighted by Gasteiger charge is -2.07. The molecule has 5 heteroatoms. The average molecular weight is 280 g/mol. The molecule has 1 atom stereocenters. The van der Waals surface area contributed by atoms with Gasteiger partial charge in [0, 0.05) is 6.04 Å². The number of halogens is 2. The fraction of sp³-hybridized carbons (Fsp3) is 0.333. The van der Waals surface area contributed by atoms with E-state index in [1.165, 1.54) is 18.2 Å². The Hall–Kier alpha value is -0.260. The van der Waals surface area contributed by atoms with Gasteiger partial charge in [0.15, 0.2) is 0 Å². The smallest absolute Gasteiger partial charge is 0.137 e. The van der Waals surface area contributed by atoms with Crippen molar-refractivity contribution in [1.29, 1.82) is 0 Å². The Kier molecular flexibility index (Phi) is 4.22. The molecule has 0 radical (unpaired) electrons. The van der Waals surface area contributed by atoms with Gasteiger partial charge in [0.25, 0.3) is 0 Å². The molecule has 1 aromatic rings. The van der Waals surface area contributed by atoms with E-state index in [0.717, 1.165) is 0 Å². The van der Waals surface area contributed by atoms with Crippen LogP contribution in [0, 0.1) is 5.82 Å². The summed E-state index contributed by atoms with van der Waals surface area (Å²) < 4.78 is 27.6. The molecule has 0 aliphatic heterocycles. The maximum atomic E-state index is 12.9. The Morgan fingerprint density at radius 2 is 2.14 bits per heavy atom. The van der Waals surface area contributed by atoms with Crippen molar-refractivity contribution in [2.75, 3.05) is 0 Å². The van der Waals surface area contributed by atoms with Crippen molar-refractivity contribution in [3.63, 3.8) is 0 Å². The number of rotatable bonds is 3. The van der Waals surface area contributed by atoms with Gasteiger partial charge in [0.05, 0.1) is 9.37 Å². The molecule has 1 unspecified atom stereocenters. The van der Waals surface area contributed by atoms with Crippen LogP contribution in [0.25, 0.3) is 0 Å². The van der Waals surface area contributed by atoms with E-state index in [-0.39, 0.29) is 11.9 Å². The van der Waals surface area contributed by atoms with Gasteiger partial charge in [0.2, 0.25) is 0 Å². The Morgan fingerprint density at radius 1 is 1.50 bits per heavy atom. The van der Waals surface area contributed by atoms with Crippen LogP contribution in [-0.4, -0.2) is 10.3 Å². The van der Waals surface area contributed by atoms with E-state index in [2.05, 4.69) is 20.7 Å². The molecule has 0 spiro atoms. The highest BCUT2D eigenvalue weighted by molar-refractivity contribution is 9.10. The third-order valence-corrected chi connectivity index (χ3v) is 3.42. The number of benzene rings is 1. The summed E-state index contributed by atoms with van der Waals surface area (Å²) in [6.07, 6.45) is 0. The van der Waals surface area contributed by atoms with Crippen LogP contribution < -0.4 is 4.72 Å². The van der Waals surface area contributed by atoms with Crippen molar-refractivity contribution >= 4 is 26.9 Å². The Morgan fingerprint density at radius 3 is 2.64 bits per heavy atom. The minimum absolute atomic E-state index is 0.125. The molecule has 1 rings (SSSR count). The number of hydrogen-bond acceptors (Lipinski definition) is 1. The third-order valence-electron chi connectivity index (χ3n) is 1.45. The monoisotopic (exact) mass is 279 g/mol. The fourth-order valence-corrected chi connectivity index (χ4v) is 2.39. The fourth-order valence-electron chi connectivity index (χ4n) is 0.874. The molecule has 0 saturated heterocycles. The number of hydrogen-bond donors (Lipinski definition) is 1. The van der Waals surface area contributed by atoms with Crippen LogP contribution in [-0.2, 0) is 11.0 Å².